The van der Waals surface area contributed by atoms with Crippen molar-refractivity contribution in [3.05, 3.63) is 101 Å². The van der Waals surface area contributed by atoms with E-state index in [1.807, 2.05) is 0 Å². The molecule has 1 aliphatic rings. The van der Waals surface area contributed by atoms with Gasteiger partial charge in [0.2, 0.25) is 0 Å². The lowest BCUT2D eigenvalue weighted by molar-refractivity contribution is -0.150. The maximum Gasteiger partial charge on any atom is 0.381 e. The van der Waals surface area contributed by atoms with Gasteiger partial charge in [0.25, 0.3) is 11.8 Å². The number of phenols is 1. The van der Waals surface area contributed by atoms with Crippen LogP contribution in [-0.2, 0) is 31.7 Å². The zero-order chi connectivity index (χ0) is 32.1. The van der Waals surface area contributed by atoms with Crippen molar-refractivity contribution in [3.63, 3.8) is 0 Å². The Morgan fingerprint density at radius 1 is 1.11 bits per heavy atom. The van der Waals surface area contributed by atoms with Crippen LogP contribution in [0.3, 0.4) is 0 Å². The third-order valence-electron chi connectivity index (χ3n) is 7.10. The van der Waals surface area contributed by atoms with Gasteiger partial charge in [-0.05, 0) is 49.7 Å². The lowest BCUT2D eigenvalue weighted by atomic mass is 9.96. The monoisotopic (exact) mass is 635 g/mol. The highest BCUT2D eigenvalue weighted by molar-refractivity contribution is 7.54. The van der Waals surface area contributed by atoms with E-state index in [0.717, 1.165) is 0 Å². The second-order valence-corrected chi connectivity index (χ2v) is 12.3. The fraction of sp³-hybridized carbons (Fsp3) is 0.250. The Labute approximate surface area is 258 Å². The Bertz CT molecular complexity index is 1790. The summed E-state index contributed by atoms with van der Waals surface area (Å²) in [6.45, 7) is 3.07. The zero-order valence-electron chi connectivity index (χ0n) is 24.6. The van der Waals surface area contributed by atoms with E-state index in [-0.39, 0.29) is 60.5 Å². The molecule has 5 rings (SSSR count). The van der Waals surface area contributed by atoms with Crippen LogP contribution in [0.1, 0.15) is 45.7 Å². The average molecular weight is 636 g/mol. The van der Waals surface area contributed by atoms with E-state index in [1.54, 1.807) is 61.5 Å². The van der Waals surface area contributed by atoms with Crippen molar-refractivity contribution in [3.8, 4) is 11.5 Å². The van der Waals surface area contributed by atoms with Crippen LogP contribution < -0.4 is 9.84 Å². The Balaban J connectivity index is 1.40. The summed E-state index contributed by atoms with van der Waals surface area (Å²) in [5, 5.41) is 14.1. The number of nitrogens with one attached hydrogen (secondary N) is 1. The van der Waals surface area contributed by atoms with Gasteiger partial charge in [-0.2, -0.15) is 0 Å². The van der Waals surface area contributed by atoms with Crippen LogP contribution in [0.25, 0.3) is 10.9 Å². The van der Waals surface area contributed by atoms with E-state index < -0.39 is 37.3 Å². The van der Waals surface area contributed by atoms with Gasteiger partial charge in [0.05, 0.1) is 23.9 Å². The van der Waals surface area contributed by atoms with E-state index in [9.17, 15) is 28.4 Å². The number of para-hydroxylation sites is 1. The fourth-order valence-corrected chi connectivity index (χ4v) is 6.69. The van der Waals surface area contributed by atoms with Gasteiger partial charge in [-0.1, -0.05) is 36.4 Å². The molecule has 1 unspecified atom stereocenters. The number of fused-ring (bicyclic) bond motifs is 2. The Hall–Kier alpha value is -4.80. The molecule has 13 heteroatoms. The molecule has 1 aromatic heterocycles. The van der Waals surface area contributed by atoms with Crippen LogP contribution in [0, 0.1) is 5.82 Å². The number of ether oxygens (including phenoxy) is 1. The Kier molecular flexibility index (Phi) is 9.45. The molecule has 0 radical (unpaired) electrons. The van der Waals surface area contributed by atoms with E-state index in [1.165, 1.54) is 30.2 Å². The van der Waals surface area contributed by atoms with Crippen LogP contribution in [0.5, 0.6) is 11.5 Å². The van der Waals surface area contributed by atoms with Gasteiger partial charge in [0.1, 0.15) is 17.1 Å². The third kappa shape index (κ3) is 6.97. The molecule has 2 N–H and O–H groups in total. The van der Waals surface area contributed by atoms with Crippen LogP contribution >= 0.6 is 7.60 Å². The lowest BCUT2D eigenvalue weighted by Crippen LogP contribution is -2.30. The van der Waals surface area contributed by atoms with Crippen molar-refractivity contribution in [2.45, 2.75) is 33.0 Å². The topological polar surface area (TPSA) is 144 Å². The molecule has 11 nitrogen and oxygen atoms in total. The molecule has 2 amide bonds. The predicted octanol–water partition coefficient (Wildman–Crippen LogP) is 5.21. The SMILES string of the molecule is CCOC(=O)[C@H](C)OP(=O)(CCNC(=O)c1c2c(c(O)c3ncccc13)C(=O)N(Cc1ccc(F)cc1)C2)Oc1ccccc1. The van der Waals surface area contributed by atoms with Gasteiger partial charge in [-0.15, -0.1) is 0 Å². The van der Waals surface area contributed by atoms with Gasteiger partial charge in [-0.3, -0.25) is 19.1 Å². The van der Waals surface area contributed by atoms with Crippen molar-refractivity contribution >= 4 is 36.3 Å². The number of phenolic OH excluding ortho intramolecular Hbond substituents is 1. The normalized spacial score (nSPS) is 14.5. The van der Waals surface area contributed by atoms with Crippen LogP contribution in [0.4, 0.5) is 4.39 Å². The van der Waals surface area contributed by atoms with E-state index >= 15 is 0 Å². The first-order valence-corrected chi connectivity index (χ1v) is 16.0. The minimum atomic E-state index is -4.01. The molecule has 3 aromatic carbocycles. The summed E-state index contributed by atoms with van der Waals surface area (Å²) in [6, 6.07) is 17.2. The van der Waals surface area contributed by atoms with Crippen molar-refractivity contribution < 1.29 is 42.2 Å². The number of esters is 1. The molecule has 2 atom stereocenters. The van der Waals surface area contributed by atoms with Gasteiger partial charge in [0, 0.05) is 36.8 Å². The number of benzene rings is 3. The highest BCUT2D eigenvalue weighted by Gasteiger charge is 2.37. The van der Waals surface area contributed by atoms with Crippen LogP contribution in [0.2, 0.25) is 0 Å². The number of halogens is 1. The molecule has 0 spiro atoms. The highest BCUT2D eigenvalue weighted by atomic mass is 31.2. The number of hydrogen-bond acceptors (Lipinski definition) is 9. The average Bonchev–Trinajstić information content (AvgIpc) is 3.34. The molecule has 234 valence electrons. The van der Waals surface area contributed by atoms with E-state index in [0.29, 0.717) is 16.5 Å². The summed E-state index contributed by atoms with van der Waals surface area (Å²) in [7, 11) is -4.01. The number of aromatic nitrogens is 1. The van der Waals surface area contributed by atoms with Crippen molar-refractivity contribution in [2.75, 3.05) is 19.3 Å². The first-order chi connectivity index (χ1) is 21.6. The number of carbonyl (C=O) groups is 3. The Morgan fingerprint density at radius 3 is 2.56 bits per heavy atom. The molecular formula is C32H31FN3O8P. The summed E-state index contributed by atoms with van der Waals surface area (Å²) in [4.78, 5) is 45.1. The van der Waals surface area contributed by atoms with Gasteiger partial charge < -0.3 is 24.6 Å². The summed E-state index contributed by atoms with van der Waals surface area (Å²) in [5.74, 6) is -2.33. The number of amides is 2. The van der Waals surface area contributed by atoms with Gasteiger partial charge in [0.15, 0.2) is 11.9 Å². The number of aromatic hydroxyl groups is 1. The molecule has 0 aliphatic carbocycles. The van der Waals surface area contributed by atoms with Crippen molar-refractivity contribution in [2.24, 2.45) is 0 Å². The van der Waals surface area contributed by atoms with Crippen LogP contribution in [-0.4, -0.2) is 58.2 Å². The summed E-state index contributed by atoms with van der Waals surface area (Å²) in [6.07, 6.45) is -0.0714. The van der Waals surface area contributed by atoms with E-state index in [2.05, 4.69) is 10.3 Å². The smallest absolute Gasteiger partial charge is 0.381 e. The summed E-state index contributed by atoms with van der Waals surface area (Å²) >= 11 is 0. The third-order valence-corrected chi connectivity index (χ3v) is 9.00. The molecule has 4 aromatic rings. The predicted molar refractivity (Wildman–Crippen MR) is 162 cm³/mol. The van der Waals surface area contributed by atoms with Crippen molar-refractivity contribution in [1.82, 2.24) is 15.2 Å². The number of pyridine rings is 1. The van der Waals surface area contributed by atoms with Crippen molar-refractivity contribution in [1.29, 1.82) is 0 Å². The summed E-state index contributed by atoms with van der Waals surface area (Å²) < 4.78 is 43.5. The second kappa shape index (κ2) is 13.5. The number of carbonyl (C=O) groups excluding carboxylic acids is 3. The number of hydrogen-bond donors (Lipinski definition) is 2. The number of nitrogens with zero attached hydrogens (tertiary/aromatic N) is 2. The summed E-state index contributed by atoms with van der Waals surface area (Å²) in [5.41, 5.74) is 1.12. The van der Waals surface area contributed by atoms with Crippen LogP contribution in [0.15, 0.2) is 72.9 Å². The molecule has 0 fully saturated rings. The maximum atomic E-state index is 13.8. The molecule has 0 saturated carbocycles. The first kappa shape index (κ1) is 31.6. The molecule has 1 aliphatic heterocycles. The number of rotatable bonds is 12. The second-order valence-electron chi connectivity index (χ2n) is 10.3. The molecule has 2 heterocycles. The zero-order valence-corrected chi connectivity index (χ0v) is 25.5. The minimum absolute atomic E-state index is 0.00245. The molecule has 45 heavy (non-hydrogen) atoms. The quantitative estimate of drug-likeness (QED) is 0.158. The lowest BCUT2D eigenvalue weighted by Gasteiger charge is -2.22. The molecule has 0 bridgehead atoms. The maximum absolute atomic E-state index is 13.8. The minimum Gasteiger partial charge on any atom is -0.505 e. The van der Waals surface area contributed by atoms with Gasteiger partial charge in [-0.25, -0.2) is 13.8 Å². The standard InChI is InChI=1S/C32H31FN3O8P/c1-3-42-32(40)20(2)43-45(41,44-23-8-5-4-6-9-23)17-16-35-30(38)26-24-10-7-15-34-28(24)29(37)27-25(26)19-36(31(27)39)18-21-11-13-22(33)14-12-21/h4-15,20,37H,3,16-19H2,1-2H3,(H,35,38)/t20-,45?/m0/s1. The fourth-order valence-electron chi connectivity index (χ4n) is 5.05. The highest BCUT2D eigenvalue weighted by Crippen LogP contribution is 2.49. The van der Waals surface area contributed by atoms with E-state index in [4.69, 9.17) is 13.8 Å². The molecular weight excluding hydrogens is 604 g/mol. The largest absolute Gasteiger partial charge is 0.505 e. The van der Waals surface area contributed by atoms with Gasteiger partial charge >= 0.3 is 13.6 Å². The molecule has 0 saturated heterocycles. The Morgan fingerprint density at radius 2 is 1.84 bits per heavy atom. The first-order valence-electron chi connectivity index (χ1n) is 14.2.